The minimum atomic E-state index is -0.285. The van der Waals surface area contributed by atoms with E-state index in [1.54, 1.807) is 30.6 Å². The number of hydrogen-bond donors (Lipinski definition) is 1. The summed E-state index contributed by atoms with van der Waals surface area (Å²) in [6.45, 7) is 0. The Morgan fingerprint density at radius 1 is 1.15 bits per heavy atom. The number of carbonyl (C=O) groups is 1. The summed E-state index contributed by atoms with van der Waals surface area (Å²) in [6, 6.07) is 10.8. The molecule has 0 radical (unpaired) electrons. The second kappa shape index (κ2) is 5.18. The average Bonchev–Trinajstić information content (AvgIpc) is 2.51. The number of amides is 1. The van der Waals surface area contributed by atoms with Gasteiger partial charge in [0.1, 0.15) is 4.64 Å². The molecule has 3 aromatic rings. The fourth-order valence-electron chi connectivity index (χ4n) is 1.84. The molecule has 0 unspecified atom stereocenters. The van der Waals surface area contributed by atoms with E-state index in [0.29, 0.717) is 15.9 Å². The van der Waals surface area contributed by atoms with Gasteiger partial charge in [0.15, 0.2) is 5.65 Å². The van der Waals surface area contributed by atoms with Crippen LogP contribution in [-0.4, -0.2) is 20.6 Å². The van der Waals surface area contributed by atoms with Crippen LogP contribution in [0.15, 0.2) is 55.0 Å². The van der Waals surface area contributed by atoms with E-state index in [0.717, 1.165) is 5.39 Å². The van der Waals surface area contributed by atoms with Crippen LogP contribution in [0.1, 0.15) is 10.4 Å². The molecular weight excluding hydrogens is 272 g/mol. The van der Waals surface area contributed by atoms with Crippen molar-refractivity contribution in [3.63, 3.8) is 0 Å². The third-order valence-corrected chi connectivity index (χ3v) is 3.11. The zero-order chi connectivity index (χ0) is 13.9. The maximum absolute atomic E-state index is 12.2. The Morgan fingerprint density at radius 3 is 2.80 bits per heavy atom. The molecule has 0 fully saturated rings. The first-order valence-electron chi connectivity index (χ1n) is 5.94. The van der Waals surface area contributed by atoms with Crippen LogP contribution < -0.4 is 5.43 Å². The SMILES string of the molecule is O=C(Nn1c(=S)ccc2cccnc21)c1cccnc1. The predicted molar refractivity (Wildman–Crippen MR) is 78.5 cm³/mol. The van der Waals surface area contributed by atoms with E-state index < -0.39 is 0 Å². The van der Waals surface area contributed by atoms with Gasteiger partial charge in [0.2, 0.25) is 0 Å². The maximum Gasteiger partial charge on any atom is 0.271 e. The fraction of sp³-hybridized carbons (Fsp3) is 0. The first kappa shape index (κ1) is 12.4. The van der Waals surface area contributed by atoms with Gasteiger partial charge >= 0.3 is 0 Å². The molecule has 3 rings (SSSR count). The highest BCUT2D eigenvalue weighted by atomic mass is 32.1. The molecule has 20 heavy (non-hydrogen) atoms. The summed E-state index contributed by atoms with van der Waals surface area (Å²) in [4.78, 5) is 20.3. The van der Waals surface area contributed by atoms with Gasteiger partial charge in [-0.25, -0.2) is 9.66 Å². The standard InChI is InChI=1S/C14H10N4OS/c19-14(11-4-1-7-15-9-11)17-18-12(20)6-5-10-3-2-8-16-13(10)18/h1-9H,(H,17,19). The van der Waals surface area contributed by atoms with Crippen LogP contribution >= 0.6 is 12.2 Å². The number of aromatic nitrogens is 3. The maximum atomic E-state index is 12.2. The summed E-state index contributed by atoms with van der Waals surface area (Å²) in [7, 11) is 0. The van der Waals surface area contributed by atoms with Gasteiger partial charge in [-0.3, -0.25) is 15.2 Å². The first-order chi connectivity index (χ1) is 9.75. The van der Waals surface area contributed by atoms with Gasteiger partial charge < -0.3 is 0 Å². The second-order valence-corrected chi connectivity index (χ2v) is 4.52. The molecule has 0 saturated carbocycles. The topological polar surface area (TPSA) is 59.8 Å². The fourth-order valence-corrected chi connectivity index (χ4v) is 2.04. The van der Waals surface area contributed by atoms with E-state index in [9.17, 15) is 4.79 Å². The summed E-state index contributed by atoms with van der Waals surface area (Å²) in [6.07, 6.45) is 4.77. The summed E-state index contributed by atoms with van der Waals surface area (Å²) in [5.74, 6) is -0.285. The third kappa shape index (κ3) is 2.28. The summed E-state index contributed by atoms with van der Waals surface area (Å²) in [5, 5.41) is 0.896. The molecule has 98 valence electrons. The quantitative estimate of drug-likeness (QED) is 0.734. The number of carbonyl (C=O) groups excluding carboxylic acids is 1. The molecule has 3 aromatic heterocycles. The second-order valence-electron chi connectivity index (χ2n) is 4.11. The van der Waals surface area contributed by atoms with Crippen molar-refractivity contribution in [2.24, 2.45) is 0 Å². The Bertz CT molecular complexity index is 829. The number of hydrogen-bond acceptors (Lipinski definition) is 4. The molecule has 0 aromatic carbocycles. The molecule has 0 aliphatic carbocycles. The van der Waals surface area contributed by atoms with Gasteiger partial charge in [-0.1, -0.05) is 12.2 Å². The molecule has 3 heterocycles. The van der Waals surface area contributed by atoms with Crippen molar-refractivity contribution in [1.29, 1.82) is 0 Å². The number of fused-ring (bicyclic) bond motifs is 1. The lowest BCUT2D eigenvalue weighted by Crippen LogP contribution is -2.24. The van der Waals surface area contributed by atoms with E-state index in [1.165, 1.54) is 10.9 Å². The Kier molecular flexibility index (Phi) is 3.22. The number of nitrogens with zero attached hydrogens (tertiary/aromatic N) is 3. The van der Waals surface area contributed by atoms with Gasteiger partial charge in [0.05, 0.1) is 5.56 Å². The van der Waals surface area contributed by atoms with E-state index >= 15 is 0 Å². The van der Waals surface area contributed by atoms with E-state index in [1.807, 2.05) is 18.2 Å². The highest BCUT2D eigenvalue weighted by Crippen LogP contribution is 2.11. The highest BCUT2D eigenvalue weighted by Gasteiger charge is 2.08. The molecule has 0 atom stereocenters. The molecule has 0 spiro atoms. The van der Waals surface area contributed by atoms with E-state index in [4.69, 9.17) is 12.2 Å². The Morgan fingerprint density at radius 2 is 2.00 bits per heavy atom. The molecule has 0 aliphatic heterocycles. The monoisotopic (exact) mass is 282 g/mol. The largest absolute Gasteiger partial charge is 0.271 e. The van der Waals surface area contributed by atoms with Crippen LogP contribution in [0.4, 0.5) is 0 Å². The van der Waals surface area contributed by atoms with Crippen molar-refractivity contribution in [2.45, 2.75) is 0 Å². The summed E-state index contributed by atoms with van der Waals surface area (Å²) in [5.41, 5.74) is 3.81. The lowest BCUT2D eigenvalue weighted by molar-refractivity contribution is 0.101. The third-order valence-electron chi connectivity index (χ3n) is 2.79. The minimum Gasteiger partial charge on any atom is -0.267 e. The molecule has 1 amide bonds. The smallest absolute Gasteiger partial charge is 0.267 e. The predicted octanol–water partition coefficient (Wildman–Crippen LogP) is 2.54. The van der Waals surface area contributed by atoms with Crippen molar-refractivity contribution in [2.75, 3.05) is 5.43 Å². The lowest BCUT2D eigenvalue weighted by atomic mass is 10.3. The van der Waals surface area contributed by atoms with Crippen LogP contribution in [-0.2, 0) is 0 Å². The zero-order valence-corrected chi connectivity index (χ0v) is 11.2. The molecule has 1 N–H and O–H groups in total. The minimum absolute atomic E-state index is 0.285. The summed E-state index contributed by atoms with van der Waals surface area (Å²) >= 11 is 5.24. The Balaban J connectivity index is 2.05. The van der Waals surface area contributed by atoms with Crippen molar-refractivity contribution in [1.82, 2.24) is 14.6 Å². The molecule has 6 heteroatoms. The van der Waals surface area contributed by atoms with Crippen LogP contribution in [0, 0.1) is 4.64 Å². The number of pyridine rings is 3. The van der Waals surface area contributed by atoms with Crippen LogP contribution in [0.25, 0.3) is 11.0 Å². The van der Waals surface area contributed by atoms with Gasteiger partial charge in [-0.2, -0.15) is 0 Å². The van der Waals surface area contributed by atoms with Crippen molar-refractivity contribution in [3.05, 3.63) is 65.2 Å². The highest BCUT2D eigenvalue weighted by molar-refractivity contribution is 7.71. The summed E-state index contributed by atoms with van der Waals surface area (Å²) < 4.78 is 1.98. The van der Waals surface area contributed by atoms with Crippen molar-refractivity contribution >= 4 is 29.2 Å². The van der Waals surface area contributed by atoms with Gasteiger partial charge in [0, 0.05) is 24.0 Å². The number of nitrogens with one attached hydrogen (secondary N) is 1. The molecule has 0 aliphatic rings. The van der Waals surface area contributed by atoms with E-state index in [2.05, 4.69) is 15.4 Å². The number of rotatable bonds is 2. The van der Waals surface area contributed by atoms with Gasteiger partial charge in [-0.15, -0.1) is 0 Å². The zero-order valence-electron chi connectivity index (χ0n) is 10.4. The van der Waals surface area contributed by atoms with Crippen LogP contribution in [0.3, 0.4) is 0 Å². The van der Waals surface area contributed by atoms with Crippen LogP contribution in [0.2, 0.25) is 0 Å². The normalized spacial score (nSPS) is 10.4. The molecule has 0 saturated heterocycles. The van der Waals surface area contributed by atoms with Crippen LogP contribution in [0.5, 0.6) is 0 Å². The molecular formula is C14H10N4OS. The van der Waals surface area contributed by atoms with Crippen molar-refractivity contribution < 1.29 is 4.79 Å². The van der Waals surface area contributed by atoms with Gasteiger partial charge in [0.25, 0.3) is 5.91 Å². The Hall–Kier alpha value is -2.60. The van der Waals surface area contributed by atoms with Crippen molar-refractivity contribution in [3.8, 4) is 0 Å². The van der Waals surface area contributed by atoms with Gasteiger partial charge in [-0.05, 0) is 36.4 Å². The lowest BCUT2D eigenvalue weighted by Gasteiger charge is -2.11. The molecule has 0 bridgehead atoms. The Labute approximate surface area is 119 Å². The average molecular weight is 282 g/mol. The molecule has 5 nitrogen and oxygen atoms in total. The van der Waals surface area contributed by atoms with E-state index in [-0.39, 0.29) is 5.91 Å². The first-order valence-corrected chi connectivity index (χ1v) is 6.35.